The molecule has 0 atom stereocenters. The Morgan fingerprint density at radius 3 is 2.06 bits per heavy atom. The molecule has 162 valence electrons. The second-order valence-electron chi connectivity index (χ2n) is 6.22. The molecule has 0 bridgehead atoms. The summed E-state index contributed by atoms with van der Waals surface area (Å²) in [6.45, 7) is 3.34. The Hall–Kier alpha value is -4.13. The van der Waals surface area contributed by atoms with Gasteiger partial charge in [-0.2, -0.15) is 0 Å². The SMILES string of the molecule is Cc1cccc(C)c1OCC(=O)NNC(=S)NC(=O)c1cc([N+](=O)[O-])cc([N+](=O)[O-])c1. The van der Waals surface area contributed by atoms with Crippen LogP contribution in [0, 0.1) is 34.1 Å². The number of nitro benzene ring substituents is 2. The van der Waals surface area contributed by atoms with Gasteiger partial charge in [0.15, 0.2) is 11.7 Å². The van der Waals surface area contributed by atoms with Gasteiger partial charge in [-0.3, -0.25) is 46.0 Å². The number of thiocarbonyl (C=S) groups is 1. The Morgan fingerprint density at radius 1 is 1.00 bits per heavy atom. The predicted molar refractivity (Wildman–Crippen MR) is 113 cm³/mol. The summed E-state index contributed by atoms with van der Waals surface area (Å²) in [5.74, 6) is -0.962. The number of hydrogen-bond donors (Lipinski definition) is 3. The van der Waals surface area contributed by atoms with Crippen molar-refractivity contribution in [3.63, 3.8) is 0 Å². The predicted octanol–water partition coefficient (Wildman–Crippen LogP) is 1.83. The number of nitrogens with one attached hydrogen (secondary N) is 3. The lowest BCUT2D eigenvalue weighted by molar-refractivity contribution is -0.394. The fraction of sp³-hybridized carbons (Fsp3) is 0.167. The molecule has 0 spiro atoms. The van der Waals surface area contributed by atoms with Crippen LogP contribution >= 0.6 is 12.2 Å². The van der Waals surface area contributed by atoms with Crippen LogP contribution in [0.25, 0.3) is 0 Å². The lowest BCUT2D eigenvalue weighted by atomic mass is 10.1. The highest BCUT2D eigenvalue weighted by atomic mass is 32.1. The molecule has 13 heteroatoms. The topological polar surface area (TPSA) is 166 Å². The van der Waals surface area contributed by atoms with Crippen molar-refractivity contribution in [2.75, 3.05) is 6.61 Å². The van der Waals surface area contributed by atoms with Gasteiger partial charge in [0.05, 0.1) is 21.5 Å². The maximum atomic E-state index is 12.2. The van der Waals surface area contributed by atoms with Crippen molar-refractivity contribution in [3.05, 3.63) is 73.3 Å². The van der Waals surface area contributed by atoms with Crippen molar-refractivity contribution in [2.45, 2.75) is 13.8 Å². The minimum atomic E-state index is -0.940. The highest BCUT2D eigenvalue weighted by molar-refractivity contribution is 7.80. The fourth-order valence-corrected chi connectivity index (χ4v) is 2.61. The van der Waals surface area contributed by atoms with Crippen LogP contribution in [0.15, 0.2) is 36.4 Å². The molecule has 0 aliphatic heterocycles. The first-order valence-electron chi connectivity index (χ1n) is 8.61. The van der Waals surface area contributed by atoms with Crippen LogP contribution in [0.4, 0.5) is 11.4 Å². The molecule has 31 heavy (non-hydrogen) atoms. The third-order valence-electron chi connectivity index (χ3n) is 3.89. The largest absolute Gasteiger partial charge is 0.483 e. The molecule has 0 saturated heterocycles. The molecular formula is C18H17N5O7S. The average molecular weight is 447 g/mol. The van der Waals surface area contributed by atoms with Crippen molar-refractivity contribution in [1.29, 1.82) is 0 Å². The van der Waals surface area contributed by atoms with E-state index in [1.54, 1.807) is 0 Å². The van der Waals surface area contributed by atoms with E-state index in [2.05, 4.69) is 16.2 Å². The normalized spacial score (nSPS) is 10.0. The minimum Gasteiger partial charge on any atom is -0.483 e. The van der Waals surface area contributed by atoms with E-state index in [0.29, 0.717) is 5.75 Å². The van der Waals surface area contributed by atoms with Crippen LogP contribution in [0.1, 0.15) is 21.5 Å². The number of carbonyl (C=O) groups excluding carboxylic acids is 2. The number of rotatable bonds is 6. The maximum absolute atomic E-state index is 12.2. The number of para-hydroxylation sites is 1. The maximum Gasteiger partial charge on any atom is 0.277 e. The summed E-state index contributed by atoms with van der Waals surface area (Å²) in [5.41, 5.74) is 4.60. The molecule has 2 rings (SSSR count). The average Bonchev–Trinajstić information content (AvgIpc) is 2.71. The standard InChI is InChI=1S/C18H17N5O7S/c1-10-4-3-5-11(2)16(10)30-9-15(24)20-21-18(31)19-17(25)12-6-13(22(26)27)8-14(7-12)23(28)29/h3-8H,9H2,1-2H3,(H,20,24)(H2,19,21,25,31). The number of ether oxygens (including phenoxy) is 1. The van der Waals surface area contributed by atoms with Crippen molar-refractivity contribution in [1.82, 2.24) is 16.2 Å². The van der Waals surface area contributed by atoms with Crippen LogP contribution in [0.5, 0.6) is 5.75 Å². The quantitative estimate of drug-likeness (QED) is 0.340. The van der Waals surface area contributed by atoms with Crippen molar-refractivity contribution in [2.24, 2.45) is 0 Å². The number of nitrogens with zero attached hydrogens (tertiary/aromatic N) is 2. The van der Waals surface area contributed by atoms with Gasteiger partial charge in [0, 0.05) is 12.1 Å². The molecule has 0 unspecified atom stereocenters. The molecule has 2 amide bonds. The van der Waals surface area contributed by atoms with Gasteiger partial charge in [-0.1, -0.05) is 18.2 Å². The second kappa shape index (κ2) is 10.1. The van der Waals surface area contributed by atoms with Crippen LogP contribution in [0.3, 0.4) is 0 Å². The van der Waals surface area contributed by atoms with E-state index in [4.69, 9.17) is 17.0 Å². The molecule has 0 aromatic heterocycles. The Morgan fingerprint density at radius 2 is 1.55 bits per heavy atom. The van der Waals surface area contributed by atoms with Gasteiger partial charge in [0.2, 0.25) is 0 Å². The summed E-state index contributed by atoms with van der Waals surface area (Å²) in [6.07, 6.45) is 0. The van der Waals surface area contributed by atoms with Crippen LogP contribution in [-0.2, 0) is 4.79 Å². The summed E-state index contributed by atoms with van der Waals surface area (Å²) in [5, 5.41) is 23.6. The number of hydrazine groups is 1. The molecule has 2 aromatic carbocycles. The van der Waals surface area contributed by atoms with Gasteiger partial charge >= 0.3 is 0 Å². The molecular weight excluding hydrogens is 430 g/mol. The van der Waals surface area contributed by atoms with Crippen molar-refractivity contribution < 1.29 is 24.2 Å². The summed E-state index contributed by atoms with van der Waals surface area (Å²) >= 11 is 4.87. The zero-order chi connectivity index (χ0) is 23.1. The molecule has 0 fully saturated rings. The molecule has 3 N–H and O–H groups in total. The summed E-state index contributed by atoms with van der Waals surface area (Å²) < 4.78 is 5.47. The van der Waals surface area contributed by atoms with Crippen LogP contribution in [0.2, 0.25) is 0 Å². The first-order valence-corrected chi connectivity index (χ1v) is 9.02. The van der Waals surface area contributed by atoms with E-state index in [1.807, 2.05) is 32.0 Å². The first kappa shape index (κ1) is 23.2. The molecule has 2 aromatic rings. The molecule has 0 aliphatic carbocycles. The summed E-state index contributed by atoms with van der Waals surface area (Å²) in [4.78, 5) is 44.2. The number of hydrogen-bond acceptors (Lipinski definition) is 8. The molecule has 0 aliphatic rings. The van der Waals surface area contributed by atoms with E-state index >= 15 is 0 Å². The summed E-state index contributed by atoms with van der Waals surface area (Å²) in [7, 11) is 0. The number of benzene rings is 2. The Labute approximate surface area is 180 Å². The van der Waals surface area contributed by atoms with E-state index in [-0.39, 0.29) is 17.3 Å². The Balaban J connectivity index is 1.92. The molecule has 0 heterocycles. The van der Waals surface area contributed by atoms with Crippen molar-refractivity contribution in [3.8, 4) is 5.75 Å². The Kier molecular flexibility index (Phi) is 7.52. The third-order valence-corrected chi connectivity index (χ3v) is 4.09. The smallest absolute Gasteiger partial charge is 0.277 e. The van der Waals surface area contributed by atoms with Gasteiger partial charge in [0.1, 0.15) is 5.75 Å². The molecule has 0 radical (unpaired) electrons. The second-order valence-corrected chi connectivity index (χ2v) is 6.63. The van der Waals surface area contributed by atoms with Crippen LogP contribution in [-0.4, -0.2) is 33.4 Å². The lowest BCUT2D eigenvalue weighted by Gasteiger charge is -2.13. The van der Waals surface area contributed by atoms with Gasteiger partial charge in [-0.15, -0.1) is 0 Å². The fourth-order valence-electron chi connectivity index (χ4n) is 2.47. The number of nitro groups is 2. The monoisotopic (exact) mass is 447 g/mol. The molecule has 0 saturated carbocycles. The molecule has 12 nitrogen and oxygen atoms in total. The van der Waals surface area contributed by atoms with Crippen LogP contribution < -0.4 is 20.9 Å². The lowest BCUT2D eigenvalue weighted by Crippen LogP contribution is -2.49. The zero-order valence-electron chi connectivity index (χ0n) is 16.3. The van der Waals surface area contributed by atoms with E-state index in [0.717, 1.165) is 29.3 Å². The minimum absolute atomic E-state index is 0.327. The van der Waals surface area contributed by atoms with Gasteiger partial charge in [-0.25, -0.2) is 0 Å². The Bertz CT molecular complexity index is 1020. The van der Waals surface area contributed by atoms with E-state index in [1.165, 1.54) is 0 Å². The van der Waals surface area contributed by atoms with Gasteiger partial charge < -0.3 is 4.74 Å². The highest BCUT2D eigenvalue weighted by Gasteiger charge is 2.20. The van der Waals surface area contributed by atoms with E-state index in [9.17, 15) is 29.8 Å². The van der Waals surface area contributed by atoms with Gasteiger partial charge in [-0.05, 0) is 37.2 Å². The van der Waals surface area contributed by atoms with Crippen molar-refractivity contribution >= 4 is 40.5 Å². The number of carbonyl (C=O) groups is 2. The number of amides is 2. The summed E-state index contributed by atoms with van der Waals surface area (Å²) in [6, 6.07) is 7.98. The highest BCUT2D eigenvalue weighted by Crippen LogP contribution is 2.23. The third kappa shape index (κ3) is 6.43. The first-order chi connectivity index (χ1) is 14.6. The zero-order valence-corrected chi connectivity index (χ0v) is 17.1. The van der Waals surface area contributed by atoms with E-state index < -0.39 is 33.0 Å². The number of aryl methyl sites for hydroxylation is 2. The number of non-ortho nitro benzene ring substituents is 2. The van der Waals surface area contributed by atoms with Gasteiger partial charge in [0.25, 0.3) is 23.2 Å².